The van der Waals surface area contributed by atoms with E-state index in [0.717, 1.165) is 31.6 Å². The zero-order valence-corrected chi connectivity index (χ0v) is 15.4. The zero-order valence-electron chi connectivity index (χ0n) is 15.4. The van der Waals surface area contributed by atoms with E-state index < -0.39 is 5.60 Å². The Hall–Kier alpha value is -1.84. The second-order valence-electron chi connectivity index (χ2n) is 8.98. The highest BCUT2D eigenvalue weighted by Gasteiger charge is 2.70. The molecule has 3 saturated carbocycles. The average molecular weight is 353 g/mol. The van der Waals surface area contributed by atoms with Gasteiger partial charge in [0, 0.05) is 17.9 Å². The molecular weight excluding hydrogens is 326 g/mol. The lowest BCUT2D eigenvalue weighted by molar-refractivity contribution is -0.125. The van der Waals surface area contributed by atoms with E-state index in [1.807, 2.05) is 24.3 Å². The van der Waals surface area contributed by atoms with E-state index in [4.69, 9.17) is 4.74 Å². The van der Waals surface area contributed by atoms with Crippen molar-refractivity contribution in [3.8, 4) is 5.75 Å². The van der Waals surface area contributed by atoms with E-state index in [9.17, 15) is 9.59 Å². The second kappa shape index (κ2) is 5.83. The van der Waals surface area contributed by atoms with Crippen LogP contribution in [0.25, 0.3) is 0 Å². The molecule has 3 aliphatic carbocycles. The van der Waals surface area contributed by atoms with E-state index in [1.54, 1.807) is 0 Å². The lowest BCUT2D eigenvalue weighted by Gasteiger charge is -2.37. The summed E-state index contributed by atoms with van der Waals surface area (Å²) in [6, 6.07) is 7.87. The van der Waals surface area contributed by atoms with Crippen LogP contribution in [0.15, 0.2) is 24.3 Å². The topological polar surface area (TPSA) is 55.4 Å². The number of hydrogen-bond donors (Lipinski definition) is 1. The number of Topliss-reactive ketones (excluding diaryl/α,β-unsaturated/α-hetero) is 1. The molecule has 5 rings (SSSR count). The van der Waals surface area contributed by atoms with Crippen LogP contribution in [0.3, 0.4) is 0 Å². The van der Waals surface area contributed by atoms with Crippen molar-refractivity contribution in [2.24, 2.45) is 23.7 Å². The van der Waals surface area contributed by atoms with Crippen LogP contribution in [0.2, 0.25) is 0 Å². The summed E-state index contributed by atoms with van der Waals surface area (Å²) in [4.78, 5) is 25.5. The van der Waals surface area contributed by atoms with E-state index in [-0.39, 0.29) is 23.5 Å². The molecule has 1 amide bonds. The van der Waals surface area contributed by atoms with Crippen LogP contribution in [-0.4, -0.2) is 23.3 Å². The van der Waals surface area contributed by atoms with Crippen molar-refractivity contribution >= 4 is 11.7 Å². The quantitative estimate of drug-likeness (QED) is 0.881. The fourth-order valence-corrected chi connectivity index (χ4v) is 5.82. The first kappa shape index (κ1) is 16.3. The van der Waals surface area contributed by atoms with Crippen molar-refractivity contribution in [3.05, 3.63) is 29.8 Å². The molecule has 1 aliphatic heterocycles. The third-order valence-electron chi connectivity index (χ3n) is 7.30. The summed E-state index contributed by atoms with van der Waals surface area (Å²) in [6.07, 6.45) is 6.94. The highest BCUT2D eigenvalue weighted by atomic mass is 16.5. The molecule has 4 nitrogen and oxygen atoms in total. The number of para-hydroxylation sites is 1. The predicted molar refractivity (Wildman–Crippen MR) is 98.0 cm³/mol. The van der Waals surface area contributed by atoms with Gasteiger partial charge >= 0.3 is 0 Å². The number of carbonyl (C=O) groups is 2. The summed E-state index contributed by atoms with van der Waals surface area (Å²) in [5.74, 6) is 2.51. The van der Waals surface area contributed by atoms with Crippen LogP contribution >= 0.6 is 0 Å². The molecule has 1 aromatic rings. The van der Waals surface area contributed by atoms with E-state index in [2.05, 4.69) is 12.2 Å². The molecule has 0 radical (unpaired) electrons. The van der Waals surface area contributed by atoms with Crippen LogP contribution in [0.4, 0.5) is 0 Å². The zero-order chi connectivity index (χ0) is 17.9. The molecule has 3 fully saturated rings. The first-order valence-electron chi connectivity index (χ1n) is 10.2. The molecule has 4 heteroatoms. The second-order valence-corrected chi connectivity index (χ2v) is 8.98. The van der Waals surface area contributed by atoms with Crippen molar-refractivity contribution in [1.29, 1.82) is 0 Å². The standard InChI is InChI=1S/C22H27NO3/c1-13-6-8-14(9-7-13)23-21(25)19-16-10-11-22(20(16)19)12-17(24)15-4-2-3-5-18(15)26-22/h2-5,13-14,16,19-20H,6-12H2,1H3,(H,23,25). The van der Waals surface area contributed by atoms with E-state index in [0.29, 0.717) is 29.7 Å². The monoisotopic (exact) mass is 353 g/mol. The summed E-state index contributed by atoms with van der Waals surface area (Å²) in [5, 5.41) is 3.30. The van der Waals surface area contributed by atoms with Gasteiger partial charge in [-0.05, 0) is 62.5 Å². The number of benzene rings is 1. The maximum Gasteiger partial charge on any atom is 0.224 e. The molecule has 0 aromatic heterocycles. The maximum atomic E-state index is 12.9. The molecule has 1 aromatic carbocycles. The summed E-state index contributed by atoms with van der Waals surface area (Å²) in [5.41, 5.74) is 0.249. The van der Waals surface area contributed by atoms with Crippen molar-refractivity contribution in [1.82, 2.24) is 5.32 Å². The number of hydrogen-bond acceptors (Lipinski definition) is 3. The van der Waals surface area contributed by atoms with E-state index in [1.165, 1.54) is 12.8 Å². The number of carbonyl (C=O) groups excluding carboxylic acids is 2. The molecule has 4 aliphatic rings. The summed E-state index contributed by atoms with van der Waals surface area (Å²) >= 11 is 0. The smallest absolute Gasteiger partial charge is 0.224 e. The Morgan fingerprint density at radius 3 is 2.73 bits per heavy atom. The SMILES string of the molecule is CC1CCC(NC(=O)C2C3CCC4(CC(=O)c5ccccc5O4)C32)CC1. The molecular formula is C22H27NO3. The molecule has 4 unspecified atom stereocenters. The van der Waals surface area contributed by atoms with Crippen molar-refractivity contribution in [2.75, 3.05) is 0 Å². The molecule has 0 saturated heterocycles. The fourth-order valence-electron chi connectivity index (χ4n) is 5.82. The fraction of sp³-hybridized carbons (Fsp3) is 0.636. The van der Waals surface area contributed by atoms with Crippen LogP contribution < -0.4 is 10.1 Å². The highest BCUT2D eigenvalue weighted by Crippen LogP contribution is 2.65. The summed E-state index contributed by atoms with van der Waals surface area (Å²) in [6.45, 7) is 2.29. The largest absolute Gasteiger partial charge is 0.486 e. The number of fused-ring (bicyclic) bond motifs is 3. The van der Waals surface area contributed by atoms with Crippen LogP contribution in [-0.2, 0) is 4.79 Å². The Morgan fingerprint density at radius 1 is 1.15 bits per heavy atom. The lowest BCUT2D eigenvalue weighted by atomic mass is 9.84. The number of ketones is 1. The molecule has 0 bridgehead atoms. The van der Waals surface area contributed by atoms with Gasteiger partial charge in [0.05, 0.1) is 12.0 Å². The third-order valence-corrected chi connectivity index (χ3v) is 7.30. The first-order chi connectivity index (χ1) is 12.6. The van der Waals surface area contributed by atoms with Crippen molar-refractivity contribution in [2.45, 2.75) is 63.5 Å². The minimum absolute atomic E-state index is 0.0427. The Labute approximate surface area is 154 Å². The van der Waals surface area contributed by atoms with Crippen molar-refractivity contribution in [3.63, 3.8) is 0 Å². The average Bonchev–Trinajstić information content (AvgIpc) is 3.29. The molecule has 4 atom stereocenters. The van der Waals surface area contributed by atoms with Gasteiger partial charge in [0.2, 0.25) is 5.91 Å². The Kier molecular flexibility index (Phi) is 3.67. The van der Waals surface area contributed by atoms with E-state index >= 15 is 0 Å². The van der Waals surface area contributed by atoms with Gasteiger partial charge in [-0.15, -0.1) is 0 Å². The van der Waals surface area contributed by atoms with Gasteiger partial charge in [0.15, 0.2) is 5.78 Å². The Morgan fingerprint density at radius 2 is 1.92 bits per heavy atom. The van der Waals surface area contributed by atoms with Gasteiger partial charge in [-0.25, -0.2) is 0 Å². The summed E-state index contributed by atoms with van der Waals surface area (Å²) < 4.78 is 6.39. The summed E-state index contributed by atoms with van der Waals surface area (Å²) in [7, 11) is 0. The normalized spacial score (nSPS) is 40.5. The maximum absolute atomic E-state index is 12.9. The first-order valence-corrected chi connectivity index (χ1v) is 10.2. The Balaban J connectivity index is 1.30. The predicted octanol–water partition coefficient (Wildman–Crippen LogP) is 3.74. The molecule has 1 spiro atoms. The number of ether oxygens (including phenoxy) is 1. The van der Waals surface area contributed by atoms with Gasteiger partial charge in [0.1, 0.15) is 11.4 Å². The minimum atomic E-state index is -0.445. The van der Waals surface area contributed by atoms with Gasteiger partial charge < -0.3 is 10.1 Å². The number of amides is 1. The van der Waals surface area contributed by atoms with Gasteiger partial charge in [-0.2, -0.15) is 0 Å². The highest BCUT2D eigenvalue weighted by molar-refractivity contribution is 6.00. The molecule has 1 heterocycles. The molecule has 26 heavy (non-hydrogen) atoms. The lowest BCUT2D eigenvalue weighted by Crippen LogP contribution is -2.45. The van der Waals surface area contributed by atoms with Gasteiger partial charge in [0.25, 0.3) is 0 Å². The third kappa shape index (κ3) is 2.49. The number of rotatable bonds is 2. The van der Waals surface area contributed by atoms with Crippen LogP contribution in [0, 0.1) is 23.7 Å². The van der Waals surface area contributed by atoms with Gasteiger partial charge in [-0.1, -0.05) is 19.1 Å². The van der Waals surface area contributed by atoms with Crippen molar-refractivity contribution < 1.29 is 14.3 Å². The van der Waals surface area contributed by atoms with Crippen LogP contribution in [0.1, 0.15) is 62.2 Å². The Bertz CT molecular complexity index is 752. The minimum Gasteiger partial charge on any atom is -0.486 e. The molecule has 1 N–H and O–H groups in total. The molecule has 138 valence electrons. The number of nitrogens with one attached hydrogen (secondary N) is 1. The van der Waals surface area contributed by atoms with Gasteiger partial charge in [-0.3, -0.25) is 9.59 Å². The van der Waals surface area contributed by atoms with Crippen LogP contribution in [0.5, 0.6) is 5.75 Å².